The summed E-state index contributed by atoms with van der Waals surface area (Å²) in [5.41, 5.74) is 2.64. The zero-order valence-corrected chi connectivity index (χ0v) is 24.3. The molecule has 8 nitrogen and oxygen atoms in total. The van der Waals surface area contributed by atoms with E-state index >= 15 is 0 Å². The highest BCUT2D eigenvalue weighted by Gasteiger charge is 2.36. The summed E-state index contributed by atoms with van der Waals surface area (Å²) in [6.45, 7) is 2.96. The molecule has 0 bridgehead atoms. The first-order chi connectivity index (χ1) is 20.4. The number of barbiturate groups is 1. The number of anilines is 1. The molecule has 5 rings (SSSR count). The first-order valence-electron chi connectivity index (χ1n) is 13.2. The fourth-order valence-corrected chi connectivity index (χ4v) is 4.50. The molecule has 0 unspecified atom stereocenters. The average Bonchev–Trinajstić information content (AvgIpc) is 3.00. The number of halogens is 1. The van der Waals surface area contributed by atoms with E-state index < -0.39 is 17.8 Å². The maximum Gasteiger partial charge on any atom is 0.335 e. The molecular weight excluding hydrogens is 600 g/mol. The number of hydrogen-bond acceptors (Lipinski definition) is 6. The number of benzene rings is 4. The summed E-state index contributed by atoms with van der Waals surface area (Å²) < 4.78 is 18.5. The van der Waals surface area contributed by atoms with Crippen LogP contribution in [0.1, 0.15) is 23.6 Å². The lowest BCUT2D eigenvalue weighted by Crippen LogP contribution is -2.54. The smallest absolute Gasteiger partial charge is 0.335 e. The number of imide groups is 2. The van der Waals surface area contributed by atoms with Crippen LogP contribution >= 0.6 is 15.9 Å². The van der Waals surface area contributed by atoms with Gasteiger partial charge in [0.15, 0.2) is 11.5 Å². The van der Waals surface area contributed by atoms with Crippen LogP contribution in [0.3, 0.4) is 0 Å². The Labute approximate surface area is 251 Å². The van der Waals surface area contributed by atoms with Gasteiger partial charge in [0.2, 0.25) is 0 Å². The molecule has 1 saturated heterocycles. The predicted octanol–water partition coefficient (Wildman–Crippen LogP) is 6.67. The van der Waals surface area contributed by atoms with Crippen molar-refractivity contribution in [3.63, 3.8) is 0 Å². The number of carbonyl (C=O) groups excluding carboxylic acids is 3. The van der Waals surface area contributed by atoms with Gasteiger partial charge in [-0.2, -0.15) is 0 Å². The van der Waals surface area contributed by atoms with Crippen molar-refractivity contribution < 1.29 is 28.6 Å². The fourth-order valence-electron chi connectivity index (χ4n) is 4.23. The summed E-state index contributed by atoms with van der Waals surface area (Å²) in [6.07, 6.45) is 1.43. The predicted molar refractivity (Wildman–Crippen MR) is 162 cm³/mol. The van der Waals surface area contributed by atoms with Crippen molar-refractivity contribution in [3.8, 4) is 17.2 Å². The van der Waals surface area contributed by atoms with Crippen molar-refractivity contribution in [1.82, 2.24) is 5.32 Å². The van der Waals surface area contributed by atoms with Crippen LogP contribution in [-0.2, 0) is 22.8 Å². The quantitative estimate of drug-likeness (QED) is 0.156. The lowest BCUT2D eigenvalue weighted by Gasteiger charge is -2.26. The number of rotatable bonds is 10. The number of nitrogens with one attached hydrogen (secondary N) is 1. The number of urea groups is 1. The average molecular weight is 627 g/mol. The molecule has 4 aromatic carbocycles. The molecule has 1 aliphatic heterocycles. The number of ether oxygens (including phenoxy) is 3. The highest BCUT2D eigenvalue weighted by molar-refractivity contribution is 9.10. The second-order valence-electron chi connectivity index (χ2n) is 9.28. The Hall–Kier alpha value is -4.89. The summed E-state index contributed by atoms with van der Waals surface area (Å²) in [5, 5.41) is 2.25. The van der Waals surface area contributed by atoms with Crippen LogP contribution in [0.25, 0.3) is 6.08 Å². The van der Waals surface area contributed by atoms with Gasteiger partial charge in [-0.05, 0) is 78.2 Å². The van der Waals surface area contributed by atoms with Crippen molar-refractivity contribution in [3.05, 3.63) is 124 Å². The highest BCUT2D eigenvalue weighted by Crippen LogP contribution is 2.31. The fraction of sp³-hybridized carbons (Fsp3) is 0.121. The molecule has 4 aromatic rings. The van der Waals surface area contributed by atoms with Crippen molar-refractivity contribution in [1.29, 1.82) is 0 Å². The Morgan fingerprint density at radius 3 is 2.17 bits per heavy atom. The maximum absolute atomic E-state index is 13.4. The Bertz CT molecular complexity index is 1620. The van der Waals surface area contributed by atoms with Gasteiger partial charge >= 0.3 is 6.03 Å². The van der Waals surface area contributed by atoms with Gasteiger partial charge in [-0.25, -0.2) is 9.69 Å². The lowest BCUT2D eigenvalue weighted by molar-refractivity contribution is -0.122. The summed E-state index contributed by atoms with van der Waals surface area (Å²) in [4.78, 5) is 39.7. The summed E-state index contributed by atoms with van der Waals surface area (Å²) in [5.74, 6) is 0.0451. The second kappa shape index (κ2) is 13.2. The van der Waals surface area contributed by atoms with E-state index in [1.54, 1.807) is 42.5 Å². The summed E-state index contributed by atoms with van der Waals surface area (Å²) in [7, 11) is 0. The Morgan fingerprint density at radius 1 is 0.762 bits per heavy atom. The van der Waals surface area contributed by atoms with Crippen LogP contribution in [0.5, 0.6) is 17.2 Å². The van der Waals surface area contributed by atoms with Crippen LogP contribution in [0.4, 0.5) is 10.5 Å². The third-order valence-electron chi connectivity index (χ3n) is 6.33. The molecule has 42 heavy (non-hydrogen) atoms. The molecule has 1 N–H and O–H groups in total. The Morgan fingerprint density at radius 2 is 1.45 bits per heavy atom. The van der Waals surface area contributed by atoms with Crippen molar-refractivity contribution in [2.75, 3.05) is 11.5 Å². The van der Waals surface area contributed by atoms with E-state index in [2.05, 4.69) is 21.2 Å². The van der Waals surface area contributed by atoms with Gasteiger partial charge in [-0.15, -0.1) is 0 Å². The minimum absolute atomic E-state index is 0.189. The number of hydrogen-bond donors (Lipinski definition) is 1. The van der Waals surface area contributed by atoms with E-state index in [4.69, 9.17) is 14.2 Å². The zero-order valence-electron chi connectivity index (χ0n) is 22.7. The van der Waals surface area contributed by atoms with E-state index in [1.807, 2.05) is 61.5 Å². The maximum atomic E-state index is 13.4. The number of carbonyl (C=O) groups is 3. The van der Waals surface area contributed by atoms with Crippen molar-refractivity contribution in [2.24, 2.45) is 0 Å². The molecule has 0 aromatic heterocycles. The van der Waals surface area contributed by atoms with Gasteiger partial charge in [0.25, 0.3) is 11.8 Å². The molecule has 0 saturated carbocycles. The highest BCUT2D eigenvalue weighted by atomic mass is 79.9. The van der Waals surface area contributed by atoms with Gasteiger partial charge in [0.05, 0.1) is 12.3 Å². The molecule has 0 atom stereocenters. The van der Waals surface area contributed by atoms with E-state index in [9.17, 15) is 14.4 Å². The second-order valence-corrected chi connectivity index (χ2v) is 10.2. The monoisotopic (exact) mass is 626 g/mol. The topological polar surface area (TPSA) is 94.2 Å². The summed E-state index contributed by atoms with van der Waals surface area (Å²) in [6, 6.07) is 28.3. The number of amides is 4. The van der Waals surface area contributed by atoms with E-state index in [0.29, 0.717) is 48.3 Å². The van der Waals surface area contributed by atoms with Crippen LogP contribution < -0.4 is 24.4 Å². The van der Waals surface area contributed by atoms with Crippen LogP contribution in [0.15, 0.2) is 107 Å². The van der Waals surface area contributed by atoms with E-state index in [-0.39, 0.29) is 5.57 Å². The molecule has 212 valence electrons. The molecule has 0 aliphatic carbocycles. The van der Waals surface area contributed by atoms with Crippen molar-refractivity contribution in [2.45, 2.75) is 20.1 Å². The Kier molecular flexibility index (Phi) is 8.99. The molecule has 0 radical (unpaired) electrons. The molecule has 4 amide bonds. The first kappa shape index (κ1) is 28.6. The first-order valence-corrected chi connectivity index (χ1v) is 14.0. The lowest BCUT2D eigenvalue weighted by atomic mass is 10.1. The zero-order chi connectivity index (χ0) is 29.5. The third-order valence-corrected chi connectivity index (χ3v) is 6.86. The van der Waals surface area contributed by atoms with Crippen LogP contribution in [-0.4, -0.2) is 24.5 Å². The van der Waals surface area contributed by atoms with Gasteiger partial charge in [-0.3, -0.25) is 14.9 Å². The molecule has 1 fully saturated rings. The number of nitrogens with zero attached hydrogens (tertiary/aromatic N) is 1. The standard InChI is InChI=1S/C33H27BrN2O6/c1-2-40-30-19-24(10-17-29(30)42-21-22-6-4-3-5-7-22)18-28-31(37)35-33(39)36(32(28)38)26-13-15-27(16-14-26)41-20-23-8-11-25(34)12-9-23/h3-19H,2,20-21H2,1H3,(H,35,37,39)/b28-18+. The Balaban J connectivity index is 1.32. The van der Waals surface area contributed by atoms with Crippen molar-refractivity contribution >= 4 is 45.5 Å². The minimum Gasteiger partial charge on any atom is -0.490 e. The van der Waals surface area contributed by atoms with Crippen LogP contribution in [0, 0.1) is 0 Å². The van der Waals surface area contributed by atoms with Gasteiger partial charge in [0.1, 0.15) is 24.5 Å². The molecule has 1 aliphatic rings. The molecule has 9 heteroatoms. The molecular formula is C33H27BrN2O6. The van der Waals surface area contributed by atoms with Gasteiger partial charge in [-0.1, -0.05) is 64.5 Å². The molecule has 0 spiro atoms. The minimum atomic E-state index is -0.828. The van der Waals surface area contributed by atoms with Gasteiger partial charge < -0.3 is 14.2 Å². The van der Waals surface area contributed by atoms with Gasteiger partial charge in [0, 0.05) is 4.47 Å². The molecule has 1 heterocycles. The largest absolute Gasteiger partial charge is 0.490 e. The van der Waals surface area contributed by atoms with E-state index in [0.717, 1.165) is 20.5 Å². The third kappa shape index (κ3) is 6.87. The van der Waals surface area contributed by atoms with E-state index in [1.165, 1.54) is 6.08 Å². The SMILES string of the molecule is CCOc1cc(/C=C2\C(=O)NC(=O)N(c3ccc(OCc4ccc(Br)cc4)cc3)C2=O)ccc1OCc1ccccc1. The van der Waals surface area contributed by atoms with Crippen LogP contribution in [0.2, 0.25) is 0 Å². The normalized spacial score (nSPS) is 14.1. The summed E-state index contributed by atoms with van der Waals surface area (Å²) >= 11 is 3.41.